The number of aliphatic imine (C=N–C) groups is 1. The minimum atomic E-state index is -2.84. The van der Waals surface area contributed by atoms with E-state index in [1.54, 1.807) is 7.11 Å². The Morgan fingerprint density at radius 2 is 2.26 bits per heavy atom. The highest BCUT2D eigenvalue weighted by molar-refractivity contribution is 14.0. The van der Waals surface area contributed by atoms with Gasteiger partial charge in [-0.15, -0.1) is 24.0 Å². The van der Waals surface area contributed by atoms with Crippen molar-refractivity contribution in [2.75, 3.05) is 58.0 Å². The van der Waals surface area contributed by atoms with Crippen molar-refractivity contribution in [1.29, 1.82) is 0 Å². The van der Waals surface area contributed by atoms with Crippen LogP contribution in [0.4, 0.5) is 0 Å². The van der Waals surface area contributed by atoms with Crippen LogP contribution in [0.5, 0.6) is 0 Å². The second-order valence-electron chi connectivity index (χ2n) is 5.86. The number of halogens is 1. The number of nitrogens with one attached hydrogen (secondary N) is 1. The first-order chi connectivity index (χ1) is 10.5. The molecule has 0 aliphatic carbocycles. The van der Waals surface area contributed by atoms with Crippen LogP contribution in [0.15, 0.2) is 4.99 Å². The summed E-state index contributed by atoms with van der Waals surface area (Å²) >= 11 is 0. The molecule has 0 aromatic heterocycles. The Kier molecular flexibility index (Phi) is 9.09. The van der Waals surface area contributed by atoms with Gasteiger partial charge in [-0.3, -0.25) is 4.99 Å². The maximum atomic E-state index is 11.5. The van der Waals surface area contributed by atoms with Gasteiger partial charge >= 0.3 is 0 Å². The van der Waals surface area contributed by atoms with E-state index in [2.05, 4.69) is 15.2 Å². The molecule has 2 heterocycles. The van der Waals surface area contributed by atoms with Crippen molar-refractivity contribution in [1.82, 2.24) is 10.2 Å². The molecule has 9 heteroatoms. The van der Waals surface area contributed by atoms with E-state index in [1.165, 1.54) is 0 Å². The monoisotopic (exact) mass is 461 g/mol. The van der Waals surface area contributed by atoms with E-state index in [0.29, 0.717) is 25.5 Å². The van der Waals surface area contributed by atoms with Gasteiger partial charge in [0.1, 0.15) is 0 Å². The van der Waals surface area contributed by atoms with Crippen molar-refractivity contribution in [3.05, 3.63) is 0 Å². The fraction of sp³-hybridized carbons (Fsp3) is 0.929. The lowest BCUT2D eigenvalue weighted by Crippen LogP contribution is -2.51. The van der Waals surface area contributed by atoms with E-state index in [4.69, 9.17) is 9.47 Å². The lowest BCUT2D eigenvalue weighted by atomic mass is 10.1. The average Bonchev–Trinajstić information content (AvgIpc) is 2.83. The molecule has 23 heavy (non-hydrogen) atoms. The van der Waals surface area contributed by atoms with E-state index < -0.39 is 9.84 Å². The first-order valence-electron chi connectivity index (χ1n) is 7.88. The zero-order chi connectivity index (χ0) is 16.0. The van der Waals surface area contributed by atoms with E-state index in [9.17, 15) is 8.42 Å². The number of hydrogen-bond acceptors (Lipinski definition) is 5. The summed E-state index contributed by atoms with van der Waals surface area (Å²) in [5.74, 6) is 1.56. The topological polar surface area (TPSA) is 80.2 Å². The molecular weight excluding hydrogens is 433 g/mol. The van der Waals surface area contributed by atoms with Gasteiger partial charge in [0.2, 0.25) is 0 Å². The smallest absolute Gasteiger partial charge is 0.194 e. The van der Waals surface area contributed by atoms with Gasteiger partial charge in [-0.25, -0.2) is 8.42 Å². The highest BCUT2D eigenvalue weighted by atomic mass is 127. The van der Waals surface area contributed by atoms with Gasteiger partial charge in [-0.05, 0) is 19.3 Å². The van der Waals surface area contributed by atoms with Gasteiger partial charge in [0, 0.05) is 33.3 Å². The largest absolute Gasteiger partial charge is 0.382 e. The Bertz CT molecular complexity index is 484. The van der Waals surface area contributed by atoms with E-state index in [-0.39, 0.29) is 41.8 Å². The highest BCUT2D eigenvalue weighted by Gasteiger charge is 2.28. The third kappa shape index (κ3) is 6.71. The predicted octanol–water partition coefficient (Wildman–Crippen LogP) is 0.352. The molecule has 136 valence electrons. The maximum absolute atomic E-state index is 11.5. The molecule has 2 atom stereocenters. The molecule has 1 N–H and O–H groups in total. The highest BCUT2D eigenvalue weighted by Crippen LogP contribution is 2.18. The molecule has 0 radical (unpaired) electrons. The van der Waals surface area contributed by atoms with Crippen LogP contribution in [0, 0.1) is 5.92 Å². The minimum absolute atomic E-state index is 0. The summed E-state index contributed by atoms with van der Waals surface area (Å²) in [5.41, 5.74) is 0. The van der Waals surface area contributed by atoms with Crippen molar-refractivity contribution >= 4 is 39.8 Å². The number of hydrogen-bond donors (Lipinski definition) is 1. The molecule has 0 spiro atoms. The van der Waals surface area contributed by atoms with Crippen molar-refractivity contribution in [2.45, 2.75) is 19.4 Å². The van der Waals surface area contributed by atoms with Crippen molar-refractivity contribution in [2.24, 2.45) is 10.9 Å². The van der Waals surface area contributed by atoms with Gasteiger partial charge in [0.15, 0.2) is 15.8 Å². The third-order valence-electron chi connectivity index (χ3n) is 3.95. The van der Waals surface area contributed by atoms with Crippen LogP contribution in [0.3, 0.4) is 0 Å². The second-order valence-corrected chi connectivity index (χ2v) is 8.09. The molecular formula is C14H28IN3O4S. The zero-order valence-corrected chi connectivity index (χ0v) is 17.0. The van der Waals surface area contributed by atoms with Gasteiger partial charge in [0.05, 0.1) is 30.8 Å². The summed E-state index contributed by atoms with van der Waals surface area (Å²) in [5, 5.41) is 3.29. The fourth-order valence-corrected chi connectivity index (χ4v) is 4.71. The number of methoxy groups -OCH3 is 1. The van der Waals surface area contributed by atoms with Crippen molar-refractivity contribution in [3.63, 3.8) is 0 Å². The molecule has 2 saturated heterocycles. The first-order valence-corrected chi connectivity index (χ1v) is 9.70. The molecule has 2 rings (SSSR count). The third-order valence-corrected chi connectivity index (χ3v) is 5.79. The van der Waals surface area contributed by atoms with Crippen LogP contribution >= 0.6 is 24.0 Å². The summed E-state index contributed by atoms with van der Waals surface area (Å²) in [6.45, 7) is 6.12. The standard InChI is InChI=1S/C14H27N3O4S.HI/c1-3-15-14(16-8-12-4-7-22(18,19)11-12)17-5-6-21-13(9-17)10-20-2;/h12-13H,3-11H2,1-2H3,(H,15,16);1H. The lowest BCUT2D eigenvalue weighted by molar-refractivity contribution is -0.0447. The molecule has 2 unspecified atom stereocenters. The van der Waals surface area contributed by atoms with Gasteiger partial charge in [0.25, 0.3) is 0 Å². The van der Waals surface area contributed by atoms with Gasteiger partial charge in [-0.1, -0.05) is 0 Å². The summed E-state index contributed by atoms with van der Waals surface area (Å²) in [6.07, 6.45) is 0.773. The van der Waals surface area contributed by atoms with E-state index in [1.807, 2.05) is 6.92 Å². The van der Waals surface area contributed by atoms with Crippen LogP contribution in [-0.2, 0) is 19.3 Å². The fourth-order valence-electron chi connectivity index (χ4n) is 2.86. The molecule has 2 fully saturated rings. The maximum Gasteiger partial charge on any atom is 0.194 e. The SMILES string of the molecule is CCNC(=NCC1CCS(=O)(=O)C1)N1CCOC(COC)C1.I. The number of rotatable bonds is 5. The van der Waals surface area contributed by atoms with Gasteiger partial charge < -0.3 is 19.7 Å². The van der Waals surface area contributed by atoms with E-state index in [0.717, 1.165) is 32.0 Å². The number of ether oxygens (including phenoxy) is 2. The van der Waals surface area contributed by atoms with Crippen LogP contribution < -0.4 is 5.32 Å². The molecule has 2 aliphatic rings. The minimum Gasteiger partial charge on any atom is -0.382 e. The summed E-state index contributed by atoms with van der Waals surface area (Å²) in [4.78, 5) is 6.82. The summed E-state index contributed by atoms with van der Waals surface area (Å²) < 4.78 is 33.9. The van der Waals surface area contributed by atoms with Crippen molar-refractivity contribution < 1.29 is 17.9 Å². The number of sulfone groups is 1. The van der Waals surface area contributed by atoms with Gasteiger partial charge in [-0.2, -0.15) is 0 Å². The number of guanidine groups is 1. The lowest BCUT2D eigenvalue weighted by Gasteiger charge is -2.35. The molecule has 0 aromatic carbocycles. The summed E-state index contributed by atoms with van der Waals surface area (Å²) in [6, 6.07) is 0. The predicted molar refractivity (Wildman–Crippen MR) is 101 cm³/mol. The van der Waals surface area contributed by atoms with Crippen LogP contribution in [0.25, 0.3) is 0 Å². The second kappa shape index (κ2) is 10.00. The van der Waals surface area contributed by atoms with Crippen LogP contribution in [0.2, 0.25) is 0 Å². The zero-order valence-electron chi connectivity index (χ0n) is 13.9. The van der Waals surface area contributed by atoms with Crippen LogP contribution in [0.1, 0.15) is 13.3 Å². The Balaban J connectivity index is 0.00000264. The number of morpholine rings is 1. The average molecular weight is 461 g/mol. The molecule has 0 aromatic rings. The Hall–Kier alpha value is -0.130. The first kappa shape index (κ1) is 20.9. The quantitative estimate of drug-likeness (QED) is 0.362. The molecule has 0 saturated carbocycles. The number of nitrogens with zero attached hydrogens (tertiary/aromatic N) is 2. The van der Waals surface area contributed by atoms with E-state index >= 15 is 0 Å². The Labute approximate surface area is 156 Å². The normalized spacial score (nSPS) is 27.6. The molecule has 2 aliphatic heterocycles. The molecule has 0 bridgehead atoms. The Morgan fingerprint density at radius 3 is 2.87 bits per heavy atom. The van der Waals surface area contributed by atoms with Crippen LogP contribution in [-0.4, -0.2) is 83.4 Å². The molecule has 7 nitrogen and oxygen atoms in total. The summed E-state index contributed by atoms with van der Waals surface area (Å²) in [7, 11) is -1.17. The Morgan fingerprint density at radius 1 is 1.48 bits per heavy atom. The van der Waals surface area contributed by atoms with Crippen molar-refractivity contribution in [3.8, 4) is 0 Å². The molecule has 0 amide bonds.